The summed E-state index contributed by atoms with van der Waals surface area (Å²) in [5.41, 5.74) is 4.53. The first kappa shape index (κ1) is 28.4. The molecule has 0 aliphatic carbocycles. The highest BCUT2D eigenvalue weighted by Crippen LogP contribution is 2.37. The van der Waals surface area contributed by atoms with Gasteiger partial charge in [0, 0.05) is 5.56 Å². The fraction of sp³-hybridized carbons (Fsp3) is 0.387. The third-order valence-electron chi connectivity index (χ3n) is 6.85. The molecular weight excluding hydrogens is 512 g/mol. The number of hydrogen-bond donors (Lipinski definition) is 0. The Hall–Kier alpha value is -3.65. The lowest BCUT2D eigenvalue weighted by Gasteiger charge is -2.26. The number of esters is 1. The van der Waals surface area contributed by atoms with Crippen LogP contribution in [0.4, 0.5) is 0 Å². The maximum absolute atomic E-state index is 14.1. The Kier molecular flexibility index (Phi) is 8.75. The molecule has 0 fully saturated rings. The minimum atomic E-state index is -0.719. The van der Waals surface area contributed by atoms with Gasteiger partial charge < -0.3 is 14.2 Å². The van der Waals surface area contributed by atoms with Crippen molar-refractivity contribution in [3.05, 3.63) is 89.6 Å². The summed E-state index contributed by atoms with van der Waals surface area (Å²) in [5, 5.41) is 0. The van der Waals surface area contributed by atoms with Gasteiger partial charge in [-0.2, -0.15) is 0 Å². The molecular formula is C31H36N2O5S. The van der Waals surface area contributed by atoms with Crippen LogP contribution in [0.3, 0.4) is 0 Å². The van der Waals surface area contributed by atoms with Crippen LogP contribution in [0.15, 0.2) is 57.5 Å². The summed E-state index contributed by atoms with van der Waals surface area (Å²) in [7, 11) is 3.26. The number of fused-ring (bicyclic) bond motifs is 1. The van der Waals surface area contributed by atoms with E-state index in [2.05, 4.69) is 19.9 Å². The first-order valence-electron chi connectivity index (χ1n) is 13.3. The van der Waals surface area contributed by atoms with Gasteiger partial charge in [0.2, 0.25) is 0 Å². The molecule has 0 amide bonds. The van der Waals surface area contributed by atoms with Crippen LogP contribution in [-0.4, -0.2) is 31.4 Å². The molecule has 0 radical (unpaired) electrons. The molecule has 1 aliphatic heterocycles. The number of methoxy groups -OCH3 is 2. The second-order valence-electron chi connectivity index (χ2n) is 9.76. The van der Waals surface area contributed by atoms with Crippen LogP contribution in [0.2, 0.25) is 0 Å². The third kappa shape index (κ3) is 5.43. The van der Waals surface area contributed by atoms with E-state index in [4.69, 9.17) is 19.2 Å². The largest absolute Gasteiger partial charge is 0.496 e. The lowest BCUT2D eigenvalue weighted by molar-refractivity contribution is -0.139. The number of aromatic nitrogens is 1. The number of rotatable bonds is 9. The molecule has 0 unspecified atom stereocenters. The van der Waals surface area contributed by atoms with E-state index in [1.54, 1.807) is 25.7 Å². The molecule has 0 saturated heterocycles. The Balaban J connectivity index is 2.03. The van der Waals surface area contributed by atoms with Crippen LogP contribution in [0, 0.1) is 6.92 Å². The number of benzene rings is 2. The van der Waals surface area contributed by atoms with Crippen molar-refractivity contribution in [2.45, 2.75) is 59.4 Å². The number of aryl methyl sites for hydroxylation is 1. The summed E-state index contributed by atoms with van der Waals surface area (Å²) in [6.07, 6.45) is 3.29. The molecule has 8 heteroatoms. The zero-order valence-electron chi connectivity index (χ0n) is 23.7. The SMILES string of the molecule is CCCC1=C(C(=O)OCC)[C@@H](c2ccccc2OC)n2c(s/c(=C/c3cc(C(C)C)c(OC)cc3C)c2=O)=N1. The van der Waals surface area contributed by atoms with Crippen molar-refractivity contribution in [3.8, 4) is 11.5 Å². The summed E-state index contributed by atoms with van der Waals surface area (Å²) in [4.78, 5) is 32.9. The van der Waals surface area contributed by atoms with E-state index in [1.165, 1.54) is 11.3 Å². The molecule has 0 saturated carbocycles. The van der Waals surface area contributed by atoms with Gasteiger partial charge in [-0.05, 0) is 67.2 Å². The Labute approximate surface area is 233 Å². The van der Waals surface area contributed by atoms with Crippen molar-refractivity contribution in [3.63, 3.8) is 0 Å². The zero-order valence-corrected chi connectivity index (χ0v) is 24.5. The minimum Gasteiger partial charge on any atom is -0.496 e. The van der Waals surface area contributed by atoms with Gasteiger partial charge in [-0.3, -0.25) is 9.36 Å². The van der Waals surface area contributed by atoms with E-state index >= 15 is 0 Å². The Morgan fingerprint density at radius 1 is 1.13 bits per heavy atom. The van der Waals surface area contributed by atoms with Gasteiger partial charge in [0.1, 0.15) is 17.5 Å². The molecule has 1 aliphatic rings. The van der Waals surface area contributed by atoms with Gasteiger partial charge in [0.15, 0.2) is 4.80 Å². The second-order valence-corrected chi connectivity index (χ2v) is 10.8. The highest BCUT2D eigenvalue weighted by Gasteiger charge is 2.35. The van der Waals surface area contributed by atoms with Crippen molar-refractivity contribution in [2.75, 3.05) is 20.8 Å². The van der Waals surface area contributed by atoms with Gasteiger partial charge in [-0.15, -0.1) is 0 Å². The van der Waals surface area contributed by atoms with E-state index < -0.39 is 12.0 Å². The number of hydrogen-bond acceptors (Lipinski definition) is 7. The second kappa shape index (κ2) is 12.0. The smallest absolute Gasteiger partial charge is 0.338 e. The normalized spacial score (nSPS) is 15.3. The van der Waals surface area contributed by atoms with E-state index in [-0.39, 0.29) is 18.1 Å². The predicted molar refractivity (Wildman–Crippen MR) is 154 cm³/mol. The third-order valence-corrected chi connectivity index (χ3v) is 7.84. The molecule has 0 N–H and O–H groups in total. The maximum atomic E-state index is 14.1. The van der Waals surface area contributed by atoms with Crippen LogP contribution in [0.1, 0.15) is 74.8 Å². The first-order valence-corrected chi connectivity index (χ1v) is 14.1. The molecule has 7 nitrogen and oxygen atoms in total. The highest BCUT2D eigenvalue weighted by molar-refractivity contribution is 7.07. The summed E-state index contributed by atoms with van der Waals surface area (Å²) >= 11 is 1.33. The van der Waals surface area contributed by atoms with E-state index in [1.807, 2.05) is 50.3 Å². The fourth-order valence-corrected chi connectivity index (χ4v) is 5.96. The topological polar surface area (TPSA) is 79.1 Å². The van der Waals surface area contributed by atoms with Crippen LogP contribution < -0.4 is 24.4 Å². The molecule has 1 atom stereocenters. The minimum absolute atomic E-state index is 0.215. The number of carbonyl (C=O) groups is 1. The van der Waals surface area contributed by atoms with Crippen LogP contribution in [-0.2, 0) is 9.53 Å². The average molecular weight is 549 g/mol. The van der Waals surface area contributed by atoms with E-state index in [9.17, 15) is 9.59 Å². The fourth-order valence-electron chi connectivity index (χ4n) is 4.95. The average Bonchev–Trinajstić information content (AvgIpc) is 3.23. The lowest BCUT2D eigenvalue weighted by atomic mass is 9.93. The summed E-state index contributed by atoms with van der Waals surface area (Å²) in [6.45, 7) is 10.3. The first-order chi connectivity index (χ1) is 18.7. The number of thiazole rings is 1. The van der Waals surface area contributed by atoms with Crippen molar-refractivity contribution < 1.29 is 19.0 Å². The van der Waals surface area contributed by atoms with Crippen molar-refractivity contribution >= 4 is 23.4 Å². The van der Waals surface area contributed by atoms with Crippen molar-refractivity contribution in [1.82, 2.24) is 4.57 Å². The zero-order chi connectivity index (χ0) is 28.3. The molecule has 0 spiro atoms. The van der Waals surface area contributed by atoms with Gasteiger partial charge in [0.25, 0.3) is 5.56 Å². The van der Waals surface area contributed by atoms with E-state index in [0.29, 0.717) is 38.3 Å². The van der Waals surface area contributed by atoms with Gasteiger partial charge in [-0.1, -0.05) is 56.7 Å². The maximum Gasteiger partial charge on any atom is 0.338 e. The molecule has 39 heavy (non-hydrogen) atoms. The molecule has 2 aromatic carbocycles. The number of nitrogens with zero attached hydrogens (tertiary/aromatic N) is 2. The summed E-state index contributed by atoms with van der Waals surface area (Å²) in [6, 6.07) is 10.8. The Morgan fingerprint density at radius 2 is 1.85 bits per heavy atom. The van der Waals surface area contributed by atoms with Crippen LogP contribution >= 0.6 is 11.3 Å². The lowest BCUT2D eigenvalue weighted by Crippen LogP contribution is -2.40. The summed E-state index contributed by atoms with van der Waals surface area (Å²) in [5.74, 6) is 1.20. The Morgan fingerprint density at radius 3 is 2.49 bits per heavy atom. The van der Waals surface area contributed by atoms with Crippen LogP contribution in [0.25, 0.3) is 6.08 Å². The molecule has 4 rings (SSSR count). The number of para-hydroxylation sites is 1. The van der Waals surface area contributed by atoms with E-state index in [0.717, 1.165) is 28.9 Å². The molecule has 3 aromatic rings. The Bertz CT molecular complexity index is 1600. The quantitative estimate of drug-likeness (QED) is 0.351. The van der Waals surface area contributed by atoms with Crippen LogP contribution in [0.5, 0.6) is 11.5 Å². The highest BCUT2D eigenvalue weighted by atomic mass is 32.1. The monoisotopic (exact) mass is 548 g/mol. The van der Waals surface area contributed by atoms with Crippen molar-refractivity contribution in [2.24, 2.45) is 4.99 Å². The number of carbonyl (C=O) groups excluding carboxylic acids is 1. The molecule has 2 heterocycles. The van der Waals surface area contributed by atoms with Gasteiger partial charge in [0.05, 0.1) is 36.6 Å². The molecule has 1 aromatic heterocycles. The number of ether oxygens (including phenoxy) is 3. The standard InChI is InChI=1S/C31H36N2O5S/c1-8-12-23-27(30(35)38-9-2)28(21-13-10-11-14-24(21)36-6)33-29(34)26(39-31(33)32-23)17-20-16-22(18(3)4)25(37-7)15-19(20)5/h10-11,13-18,28H,8-9,12H2,1-7H3/b26-17+/t28-/m1/s1. The van der Waals surface area contributed by atoms with Gasteiger partial charge in [-0.25, -0.2) is 9.79 Å². The molecule has 206 valence electrons. The van der Waals surface area contributed by atoms with Crippen molar-refractivity contribution in [1.29, 1.82) is 0 Å². The number of allylic oxidation sites excluding steroid dienone is 1. The predicted octanol–water partition coefficient (Wildman–Crippen LogP) is 5.03. The summed E-state index contributed by atoms with van der Waals surface area (Å²) < 4.78 is 18.9. The molecule has 0 bridgehead atoms. The van der Waals surface area contributed by atoms with Gasteiger partial charge >= 0.3 is 5.97 Å².